The second-order valence-electron chi connectivity index (χ2n) is 6.94. The van der Waals surface area contributed by atoms with Crippen LogP contribution in [0.3, 0.4) is 0 Å². The van der Waals surface area contributed by atoms with Crippen LogP contribution >= 0.6 is 0 Å². The molecule has 0 radical (unpaired) electrons. The van der Waals surface area contributed by atoms with E-state index in [1.807, 2.05) is 30.3 Å². The van der Waals surface area contributed by atoms with E-state index in [2.05, 4.69) is 28.9 Å². The second kappa shape index (κ2) is 7.26. The first-order chi connectivity index (χ1) is 13.5. The fraction of sp³-hybridized carbons (Fsp3) is 0.190. The maximum atomic E-state index is 15.0. The molecule has 2 heterocycles. The van der Waals surface area contributed by atoms with Gasteiger partial charge in [-0.3, -0.25) is 0 Å². The molecule has 0 aliphatic carbocycles. The average Bonchev–Trinajstić information content (AvgIpc) is 3.02. The van der Waals surface area contributed by atoms with E-state index in [9.17, 15) is 4.39 Å². The summed E-state index contributed by atoms with van der Waals surface area (Å²) in [4.78, 5) is 8.36. The number of para-hydroxylation sites is 1. The molecule has 7 heteroatoms. The van der Waals surface area contributed by atoms with E-state index in [1.165, 1.54) is 12.4 Å². The Balaban J connectivity index is 1.77. The van der Waals surface area contributed by atoms with Crippen molar-refractivity contribution in [3.8, 4) is 22.8 Å². The van der Waals surface area contributed by atoms with Crippen molar-refractivity contribution in [3.63, 3.8) is 0 Å². The molecule has 4 rings (SSSR count). The molecule has 28 heavy (non-hydrogen) atoms. The third-order valence-electron chi connectivity index (χ3n) is 4.27. The summed E-state index contributed by atoms with van der Waals surface area (Å²) >= 11 is 0. The van der Waals surface area contributed by atoms with Gasteiger partial charge in [-0.2, -0.15) is 5.10 Å². The van der Waals surface area contributed by atoms with Crippen molar-refractivity contribution in [2.45, 2.75) is 20.4 Å². The molecule has 4 aromatic rings. The number of nitrogens with zero attached hydrogens (tertiary/aromatic N) is 4. The largest absolute Gasteiger partial charge is 0.457 e. The molecule has 2 aromatic heterocycles. The summed E-state index contributed by atoms with van der Waals surface area (Å²) in [5.74, 6) is 1.21. The lowest BCUT2D eigenvalue weighted by Crippen LogP contribution is -2.07. The first-order valence-corrected chi connectivity index (χ1v) is 9.02. The monoisotopic (exact) mass is 377 g/mol. The van der Waals surface area contributed by atoms with Gasteiger partial charge in [-0.25, -0.2) is 19.0 Å². The molecule has 6 nitrogen and oxygen atoms in total. The highest BCUT2D eigenvalue weighted by Crippen LogP contribution is 2.34. The van der Waals surface area contributed by atoms with Gasteiger partial charge in [0.05, 0.1) is 5.39 Å². The van der Waals surface area contributed by atoms with Gasteiger partial charge in [0, 0.05) is 18.2 Å². The Hall–Kier alpha value is -3.48. The molecule has 0 unspecified atom stereocenters. The zero-order valence-electron chi connectivity index (χ0n) is 15.6. The molecule has 2 aromatic carbocycles. The summed E-state index contributed by atoms with van der Waals surface area (Å²) in [5.41, 5.74) is 7.42. The van der Waals surface area contributed by atoms with Crippen LogP contribution in [0.25, 0.3) is 22.3 Å². The molecule has 0 saturated heterocycles. The van der Waals surface area contributed by atoms with E-state index in [4.69, 9.17) is 10.5 Å². The van der Waals surface area contributed by atoms with Gasteiger partial charge in [0.2, 0.25) is 0 Å². The zero-order valence-corrected chi connectivity index (χ0v) is 15.6. The number of ether oxygens (including phenoxy) is 1. The Morgan fingerprint density at radius 1 is 1.07 bits per heavy atom. The number of nitrogen functional groups attached to an aromatic ring is 1. The van der Waals surface area contributed by atoms with E-state index in [-0.39, 0.29) is 5.82 Å². The number of rotatable bonds is 5. The van der Waals surface area contributed by atoms with Gasteiger partial charge in [0.1, 0.15) is 35.2 Å². The van der Waals surface area contributed by atoms with Crippen molar-refractivity contribution >= 4 is 16.9 Å². The highest BCUT2D eigenvalue weighted by Gasteiger charge is 2.20. The fourth-order valence-corrected chi connectivity index (χ4v) is 3.07. The number of fused-ring (bicyclic) bond motifs is 1. The number of halogens is 1. The van der Waals surface area contributed by atoms with Crippen LogP contribution in [0.5, 0.6) is 11.5 Å². The van der Waals surface area contributed by atoms with Crippen LogP contribution in [-0.4, -0.2) is 19.7 Å². The Kier molecular flexibility index (Phi) is 4.65. The Morgan fingerprint density at radius 2 is 1.86 bits per heavy atom. The molecule has 0 saturated carbocycles. The third-order valence-corrected chi connectivity index (χ3v) is 4.27. The standard InChI is InChI=1S/C21H20FN5O/c1-13(2)11-27-21-18(20(23)24-12-25-21)19(26-27)16-9-8-15(10-17(16)22)28-14-6-4-3-5-7-14/h3-10,12-13H,11H2,1-2H3,(H2,23,24,25). The summed E-state index contributed by atoms with van der Waals surface area (Å²) < 4.78 is 22.4. The van der Waals surface area contributed by atoms with Crippen molar-refractivity contribution < 1.29 is 9.13 Å². The first kappa shape index (κ1) is 17.9. The summed E-state index contributed by atoms with van der Waals surface area (Å²) in [6.45, 7) is 4.80. The minimum absolute atomic E-state index is 0.277. The molecule has 0 aliphatic heterocycles. The topological polar surface area (TPSA) is 78.9 Å². The van der Waals surface area contributed by atoms with Crippen molar-refractivity contribution in [1.29, 1.82) is 0 Å². The smallest absolute Gasteiger partial charge is 0.163 e. The van der Waals surface area contributed by atoms with Gasteiger partial charge < -0.3 is 10.5 Å². The summed E-state index contributed by atoms with van der Waals surface area (Å²) in [6, 6.07) is 13.9. The van der Waals surface area contributed by atoms with Crippen molar-refractivity contribution in [2.24, 2.45) is 5.92 Å². The Labute approximate surface area is 161 Å². The average molecular weight is 377 g/mol. The lowest BCUT2D eigenvalue weighted by Gasteiger charge is -2.07. The number of hydrogen-bond donors (Lipinski definition) is 1. The molecule has 0 atom stereocenters. The van der Waals surface area contributed by atoms with Crippen molar-refractivity contribution in [3.05, 3.63) is 60.7 Å². The second-order valence-corrected chi connectivity index (χ2v) is 6.94. The summed E-state index contributed by atoms with van der Waals surface area (Å²) in [5, 5.41) is 5.14. The molecular weight excluding hydrogens is 357 g/mol. The lowest BCUT2D eigenvalue weighted by atomic mass is 10.1. The van der Waals surface area contributed by atoms with Crippen LogP contribution < -0.4 is 10.5 Å². The van der Waals surface area contributed by atoms with E-state index in [1.54, 1.807) is 16.8 Å². The molecule has 0 bridgehead atoms. The predicted molar refractivity (Wildman–Crippen MR) is 106 cm³/mol. The van der Waals surface area contributed by atoms with Crippen molar-refractivity contribution in [2.75, 3.05) is 5.73 Å². The Morgan fingerprint density at radius 3 is 2.57 bits per heavy atom. The van der Waals surface area contributed by atoms with Crippen LogP contribution in [0.4, 0.5) is 10.2 Å². The number of anilines is 1. The summed E-state index contributed by atoms with van der Waals surface area (Å²) in [6.07, 6.45) is 1.40. The van der Waals surface area contributed by atoms with Gasteiger partial charge in [-0.15, -0.1) is 0 Å². The normalized spacial score (nSPS) is 11.3. The van der Waals surface area contributed by atoms with Gasteiger partial charge >= 0.3 is 0 Å². The zero-order chi connectivity index (χ0) is 19.7. The van der Waals surface area contributed by atoms with E-state index < -0.39 is 5.82 Å². The maximum absolute atomic E-state index is 15.0. The number of benzene rings is 2. The van der Waals surface area contributed by atoms with E-state index >= 15 is 0 Å². The number of nitrogens with two attached hydrogens (primary N) is 1. The lowest BCUT2D eigenvalue weighted by molar-refractivity contribution is 0.477. The molecule has 0 spiro atoms. The van der Waals surface area contributed by atoms with E-state index in [0.29, 0.717) is 46.3 Å². The highest BCUT2D eigenvalue weighted by molar-refractivity contribution is 5.98. The van der Waals surface area contributed by atoms with Crippen LogP contribution in [0.1, 0.15) is 13.8 Å². The van der Waals surface area contributed by atoms with E-state index in [0.717, 1.165) is 0 Å². The van der Waals surface area contributed by atoms with Crippen LogP contribution in [-0.2, 0) is 6.54 Å². The molecule has 2 N–H and O–H groups in total. The summed E-state index contributed by atoms with van der Waals surface area (Å²) in [7, 11) is 0. The van der Waals surface area contributed by atoms with Crippen LogP contribution in [0.2, 0.25) is 0 Å². The molecule has 142 valence electrons. The first-order valence-electron chi connectivity index (χ1n) is 9.02. The van der Waals surface area contributed by atoms with Crippen LogP contribution in [0, 0.1) is 11.7 Å². The molecular formula is C21H20FN5O. The van der Waals surface area contributed by atoms with Crippen LogP contribution in [0.15, 0.2) is 54.9 Å². The maximum Gasteiger partial charge on any atom is 0.163 e. The third kappa shape index (κ3) is 3.38. The quantitative estimate of drug-likeness (QED) is 0.547. The minimum atomic E-state index is -0.451. The fourth-order valence-electron chi connectivity index (χ4n) is 3.07. The molecule has 0 amide bonds. The highest BCUT2D eigenvalue weighted by atomic mass is 19.1. The SMILES string of the molecule is CC(C)Cn1nc(-c2ccc(Oc3ccccc3)cc2F)c2c(N)ncnc21. The van der Waals surface area contributed by atoms with Gasteiger partial charge in [-0.1, -0.05) is 32.0 Å². The van der Waals surface area contributed by atoms with Gasteiger partial charge in [0.25, 0.3) is 0 Å². The number of aromatic nitrogens is 4. The number of hydrogen-bond acceptors (Lipinski definition) is 5. The van der Waals surface area contributed by atoms with Gasteiger partial charge in [-0.05, 0) is 30.2 Å². The Bertz CT molecular complexity index is 1120. The minimum Gasteiger partial charge on any atom is -0.457 e. The van der Waals surface area contributed by atoms with Crippen molar-refractivity contribution in [1.82, 2.24) is 19.7 Å². The predicted octanol–water partition coefficient (Wildman–Crippen LogP) is 4.66. The molecule has 0 aliphatic rings. The van der Waals surface area contributed by atoms with Gasteiger partial charge in [0.15, 0.2) is 5.65 Å². The molecule has 0 fully saturated rings.